The molecule has 6 heteroatoms. The summed E-state index contributed by atoms with van der Waals surface area (Å²) in [4.78, 5) is 3.28. The lowest BCUT2D eigenvalue weighted by Crippen LogP contribution is -2.21. The van der Waals surface area contributed by atoms with Crippen molar-refractivity contribution in [2.45, 2.75) is 12.5 Å². The molecule has 0 bridgehead atoms. The number of halogens is 4. The van der Waals surface area contributed by atoms with Crippen molar-refractivity contribution in [3.05, 3.63) is 18.7 Å². The average molecular weight is 168 g/mol. The molecule has 0 saturated carbocycles. The number of hydrogen-bond donors (Lipinski definition) is 0. The zero-order chi connectivity index (χ0) is 8.48. The van der Waals surface area contributed by atoms with E-state index in [0.717, 1.165) is 18.7 Å². The van der Waals surface area contributed by atoms with Crippen LogP contribution in [0.3, 0.4) is 0 Å². The molecule has 1 aromatic rings. The predicted octanol–water partition coefficient (Wildman–Crippen LogP) is 1.91. The van der Waals surface area contributed by atoms with E-state index in [9.17, 15) is 17.6 Å². The lowest BCUT2D eigenvalue weighted by molar-refractivity contribution is -0.204. The molecule has 0 aliphatic rings. The molecular weight excluding hydrogens is 164 g/mol. The van der Waals surface area contributed by atoms with Crippen LogP contribution in [0.25, 0.3) is 0 Å². The maximum atomic E-state index is 12.3. The Morgan fingerprint density at radius 1 is 1.36 bits per heavy atom. The van der Waals surface area contributed by atoms with Gasteiger partial charge in [0.1, 0.15) is 0 Å². The minimum atomic E-state index is -4.86. The summed E-state index contributed by atoms with van der Waals surface area (Å²) in [5.41, 5.74) is 0. The Morgan fingerprint density at radius 3 is 2.36 bits per heavy atom. The van der Waals surface area contributed by atoms with Gasteiger partial charge in [-0.15, -0.1) is 0 Å². The van der Waals surface area contributed by atoms with Crippen molar-refractivity contribution in [2.75, 3.05) is 0 Å². The predicted molar refractivity (Wildman–Crippen MR) is 28.4 cm³/mol. The summed E-state index contributed by atoms with van der Waals surface area (Å²) in [7, 11) is 0. The normalized spacial score (nSPS) is 14.9. The van der Waals surface area contributed by atoms with Gasteiger partial charge < -0.3 is 0 Å². The molecule has 1 unspecified atom stereocenters. The van der Waals surface area contributed by atoms with Crippen LogP contribution in [0.1, 0.15) is 6.30 Å². The summed E-state index contributed by atoms with van der Waals surface area (Å²) in [6.07, 6.45) is -5.08. The van der Waals surface area contributed by atoms with Gasteiger partial charge in [-0.25, -0.2) is 9.37 Å². The fourth-order valence-electron chi connectivity index (χ4n) is 0.573. The second kappa shape index (κ2) is 2.52. The van der Waals surface area contributed by atoms with Gasteiger partial charge in [0.2, 0.25) is 0 Å². The SMILES string of the molecule is FC(n1ccnc1)C(F)(F)F. The van der Waals surface area contributed by atoms with Crippen molar-refractivity contribution in [2.24, 2.45) is 0 Å². The molecule has 0 N–H and O–H groups in total. The Labute approximate surface area is 59.5 Å². The van der Waals surface area contributed by atoms with Gasteiger partial charge in [0.05, 0.1) is 6.33 Å². The fourth-order valence-corrected chi connectivity index (χ4v) is 0.573. The van der Waals surface area contributed by atoms with E-state index in [4.69, 9.17) is 0 Å². The van der Waals surface area contributed by atoms with Gasteiger partial charge >= 0.3 is 6.18 Å². The molecule has 62 valence electrons. The Balaban J connectivity index is 2.78. The third-order valence-electron chi connectivity index (χ3n) is 1.06. The second-order valence-corrected chi connectivity index (χ2v) is 1.89. The first kappa shape index (κ1) is 8.03. The van der Waals surface area contributed by atoms with Crippen LogP contribution < -0.4 is 0 Å². The Kier molecular flexibility index (Phi) is 1.84. The zero-order valence-electron chi connectivity index (χ0n) is 5.22. The highest BCUT2D eigenvalue weighted by Crippen LogP contribution is 2.30. The average Bonchev–Trinajstić information content (AvgIpc) is 2.34. The third kappa shape index (κ3) is 1.69. The third-order valence-corrected chi connectivity index (χ3v) is 1.06. The van der Waals surface area contributed by atoms with E-state index in [-0.39, 0.29) is 0 Å². The summed E-state index contributed by atoms with van der Waals surface area (Å²) >= 11 is 0. The standard InChI is InChI=1S/C5H4F4N2/c6-4(5(7,8)9)11-2-1-10-3-11/h1-4H. The smallest absolute Gasteiger partial charge is 0.299 e. The Bertz CT molecular complexity index is 215. The summed E-state index contributed by atoms with van der Waals surface area (Å²) in [6.45, 7) is 0. The molecule has 1 atom stereocenters. The molecule has 0 radical (unpaired) electrons. The van der Waals surface area contributed by atoms with E-state index in [2.05, 4.69) is 4.98 Å². The minimum absolute atomic E-state index is 0.347. The second-order valence-electron chi connectivity index (χ2n) is 1.89. The van der Waals surface area contributed by atoms with Gasteiger partial charge in [-0.3, -0.25) is 4.57 Å². The summed E-state index contributed by atoms with van der Waals surface area (Å²) in [5.74, 6) is 0. The molecule has 2 nitrogen and oxygen atoms in total. The Morgan fingerprint density at radius 2 is 2.00 bits per heavy atom. The number of aromatic nitrogens is 2. The van der Waals surface area contributed by atoms with Gasteiger partial charge in [-0.1, -0.05) is 0 Å². The van der Waals surface area contributed by atoms with E-state index in [0.29, 0.717) is 4.57 Å². The van der Waals surface area contributed by atoms with E-state index in [1.807, 2.05) is 0 Å². The molecule has 0 fully saturated rings. The highest BCUT2D eigenvalue weighted by Gasteiger charge is 2.41. The van der Waals surface area contributed by atoms with Gasteiger partial charge in [0.15, 0.2) is 0 Å². The highest BCUT2D eigenvalue weighted by molar-refractivity contribution is 4.79. The van der Waals surface area contributed by atoms with Crippen LogP contribution in [-0.2, 0) is 0 Å². The van der Waals surface area contributed by atoms with Crippen molar-refractivity contribution in [3.63, 3.8) is 0 Å². The first-order valence-corrected chi connectivity index (χ1v) is 2.70. The van der Waals surface area contributed by atoms with Crippen molar-refractivity contribution in [1.82, 2.24) is 9.55 Å². The summed E-state index contributed by atoms with van der Waals surface area (Å²) < 4.78 is 47.4. The van der Waals surface area contributed by atoms with Crippen LogP contribution in [0.4, 0.5) is 17.6 Å². The molecule has 0 aliphatic heterocycles. The maximum absolute atomic E-state index is 12.3. The summed E-state index contributed by atoms with van der Waals surface area (Å²) in [6, 6.07) is 0. The monoisotopic (exact) mass is 168 g/mol. The first-order valence-electron chi connectivity index (χ1n) is 2.70. The summed E-state index contributed by atoms with van der Waals surface area (Å²) in [5, 5.41) is 0. The molecule has 0 aromatic carbocycles. The number of alkyl halides is 4. The molecule has 11 heavy (non-hydrogen) atoms. The van der Waals surface area contributed by atoms with E-state index >= 15 is 0 Å². The first-order chi connectivity index (χ1) is 5.02. The lowest BCUT2D eigenvalue weighted by Gasteiger charge is -2.12. The van der Waals surface area contributed by atoms with Crippen LogP contribution in [0, 0.1) is 0 Å². The van der Waals surface area contributed by atoms with Crippen LogP contribution >= 0.6 is 0 Å². The quantitative estimate of drug-likeness (QED) is 0.585. The number of nitrogens with zero attached hydrogens (tertiary/aromatic N) is 2. The molecule has 0 aliphatic carbocycles. The maximum Gasteiger partial charge on any atom is 0.439 e. The van der Waals surface area contributed by atoms with Crippen LogP contribution in [0.2, 0.25) is 0 Å². The lowest BCUT2D eigenvalue weighted by atomic mass is 10.6. The molecule has 0 spiro atoms. The molecular formula is C5H4F4N2. The van der Waals surface area contributed by atoms with Crippen molar-refractivity contribution < 1.29 is 17.6 Å². The van der Waals surface area contributed by atoms with Gasteiger partial charge in [0.25, 0.3) is 6.30 Å². The highest BCUT2D eigenvalue weighted by atomic mass is 19.4. The van der Waals surface area contributed by atoms with Crippen LogP contribution in [0.15, 0.2) is 18.7 Å². The van der Waals surface area contributed by atoms with Gasteiger partial charge in [0, 0.05) is 12.4 Å². The molecule has 1 rings (SSSR count). The number of hydrogen-bond acceptors (Lipinski definition) is 1. The molecule has 0 saturated heterocycles. The van der Waals surface area contributed by atoms with E-state index in [1.165, 1.54) is 0 Å². The largest absolute Gasteiger partial charge is 0.439 e. The van der Waals surface area contributed by atoms with Crippen LogP contribution in [-0.4, -0.2) is 15.7 Å². The topological polar surface area (TPSA) is 17.8 Å². The van der Waals surface area contributed by atoms with Gasteiger partial charge in [-0.2, -0.15) is 13.2 Å². The van der Waals surface area contributed by atoms with E-state index < -0.39 is 12.5 Å². The minimum Gasteiger partial charge on any atom is -0.299 e. The Hall–Kier alpha value is -1.07. The van der Waals surface area contributed by atoms with Crippen molar-refractivity contribution in [3.8, 4) is 0 Å². The van der Waals surface area contributed by atoms with Gasteiger partial charge in [-0.05, 0) is 0 Å². The van der Waals surface area contributed by atoms with Crippen molar-refractivity contribution >= 4 is 0 Å². The molecule has 1 heterocycles. The zero-order valence-corrected chi connectivity index (χ0v) is 5.22. The number of imidazole rings is 1. The van der Waals surface area contributed by atoms with E-state index in [1.54, 1.807) is 0 Å². The molecule has 0 amide bonds. The van der Waals surface area contributed by atoms with Crippen molar-refractivity contribution in [1.29, 1.82) is 0 Å². The number of rotatable bonds is 1. The molecule has 1 aromatic heterocycles. The van der Waals surface area contributed by atoms with Crippen LogP contribution in [0.5, 0.6) is 0 Å². The fraction of sp³-hybridized carbons (Fsp3) is 0.400.